The van der Waals surface area contributed by atoms with Gasteiger partial charge in [-0.05, 0) is 37.5 Å². The van der Waals surface area contributed by atoms with E-state index in [0.29, 0.717) is 13.2 Å². The minimum absolute atomic E-state index is 0.139. The maximum absolute atomic E-state index is 5.52. The van der Waals surface area contributed by atoms with Crippen LogP contribution in [0, 0.1) is 0 Å². The van der Waals surface area contributed by atoms with E-state index in [9.17, 15) is 0 Å². The van der Waals surface area contributed by atoms with Crippen LogP contribution in [0.25, 0.3) is 0 Å². The van der Waals surface area contributed by atoms with Crippen LogP contribution >= 0.6 is 0 Å². The molecule has 0 amide bonds. The molecule has 0 saturated carbocycles. The third-order valence-electron chi connectivity index (χ3n) is 2.45. The third-order valence-corrected chi connectivity index (χ3v) is 2.45. The van der Waals surface area contributed by atoms with Gasteiger partial charge in [-0.15, -0.1) is 0 Å². The second-order valence-corrected chi connectivity index (χ2v) is 3.83. The third kappa shape index (κ3) is 4.53. The largest absolute Gasteiger partial charge is 0.493 e. The van der Waals surface area contributed by atoms with Crippen molar-refractivity contribution < 1.29 is 9.47 Å². The average molecular weight is 251 g/mol. The van der Waals surface area contributed by atoms with Crippen molar-refractivity contribution >= 4 is 5.96 Å². The Morgan fingerprint density at radius 2 is 2.06 bits per heavy atom. The van der Waals surface area contributed by atoms with Gasteiger partial charge in [0.15, 0.2) is 17.5 Å². The molecule has 0 saturated heterocycles. The summed E-state index contributed by atoms with van der Waals surface area (Å²) in [5.74, 6) is 1.67. The zero-order chi connectivity index (χ0) is 13.4. The lowest BCUT2D eigenvalue weighted by atomic mass is 10.1. The van der Waals surface area contributed by atoms with Crippen molar-refractivity contribution in [2.45, 2.75) is 19.8 Å². The summed E-state index contributed by atoms with van der Waals surface area (Å²) in [7, 11) is 1.64. The molecule has 0 atom stereocenters. The van der Waals surface area contributed by atoms with Gasteiger partial charge >= 0.3 is 0 Å². The first-order valence-electron chi connectivity index (χ1n) is 6.02. The van der Waals surface area contributed by atoms with Gasteiger partial charge in [0.05, 0.1) is 13.7 Å². The van der Waals surface area contributed by atoms with E-state index in [4.69, 9.17) is 20.9 Å². The molecule has 0 radical (unpaired) electrons. The molecular formula is C13H21N3O2. The lowest BCUT2D eigenvalue weighted by Gasteiger charge is -2.10. The summed E-state index contributed by atoms with van der Waals surface area (Å²) in [5.41, 5.74) is 11.7. The number of rotatable bonds is 7. The van der Waals surface area contributed by atoms with Crippen LogP contribution in [0.1, 0.15) is 18.9 Å². The topological polar surface area (TPSA) is 82.9 Å². The number of nitrogens with zero attached hydrogens (tertiary/aromatic N) is 1. The second-order valence-electron chi connectivity index (χ2n) is 3.83. The first-order chi connectivity index (χ1) is 8.67. The molecule has 100 valence electrons. The van der Waals surface area contributed by atoms with Gasteiger partial charge in [0.2, 0.25) is 0 Å². The van der Waals surface area contributed by atoms with Crippen LogP contribution < -0.4 is 20.9 Å². The van der Waals surface area contributed by atoms with Crippen LogP contribution in [-0.2, 0) is 6.42 Å². The summed E-state index contributed by atoms with van der Waals surface area (Å²) >= 11 is 0. The molecule has 0 spiro atoms. The van der Waals surface area contributed by atoms with E-state index in [2.05, 4.69) is 4.99 Å². The number of methoxy groups -OCH3 is 1. The minimum Gasteiger partial charge on any atom is -0.493 e. The number of hydrogen-bond donors (Lipinski definition) is 2. The van der Waals surface area contributed by atoms with Gasteiger partial charge in [0, 0.05) is 6.54 Å². The van der Waals surface area contributed by atoms with Gasteiger partial charge in [0.1, 0.15) is 0 Å². The van der Waals surface area contributed by atoms with E-state index >= 15 is 0 Å². The minimum atomic E-state index is 0.139. The lowest BCUT2D eigenvalue weighted by molar-refractivity contribution is 0.310. The Labute approximate surface area is 108 Å². The molecule has 0 aliphatic carbocycles. The van der Waals surface area contributed by atoms with Crippen LogP contribution in [0.5, 0.6) is 11.5 Å². The smallest absolute Gasteiger partial charge is 0.185 e. The summed E-state index contributed by atoms with van der Waals surface area (Å²) in [6, 6.07) is 5.94. The number of aliphatic imine (C=N–C) groups is 1. The number of benzene rings is 1. The summed E-state index contributed by atoms with van der Waals surface area (Å²) in [6.07, 6.45) is 1.80. The molecule has 1 aromatic rings. The average Bonchev–Trinajstić information content (AvgIpc) is 2.35. The summed E-state index contributed by atoms with van der Waals surface area (Å²) in [4.78, 5) is 3.95. The highest BCUT2D eigenvalue weighted by Crippen LogP contribution is 2.28. The summed E-state index contributed by atoms with van der Waals surface area (Å²) in [6.45, 7) is 3.21. The van der Waals surface area contributed by atoms with Gasteiger partial charge < -0.3 is 20.9 Å². The van der Waals surface area contributed by atoms with E-state index in [1.807, 2.05) is 25.1 Å². The Balaban J connectivity index is 2.61. The Morgan fingerprint density at radius 1 is 1.28 bits per heavy atom. The molecule has 5 heteroatoms. The number of guanidine groups is 1. The predicted octanol–water partition coefficient (Wildman–Crippen LogP) is 1.30. The fraction of sp³-hybridized carbons (Fsp3) is 0.462. The zero-order valence-corrected chi connectivity index (χ0v) is 11.0. The Hall–Kier alpha value is -1.91. The van der Waals surface area contributed by atoms with Crippen LogP contribution in [0.2, 0.25) is 0 Å². The molecule has 18 heavy (non-hydrogen) atoms. The Kier molecular flexibility index (Phi) is 5.84. The SMILES string of the molecule is CCOc1cc(CCCN=C(N)N)ccc1OC. The number of ether oxygens (including phenoxy) is 2. The van der Waals surface area contributed by atoms with Crippen molar-refractivity contribution in [1.82, 2.24) is 0 Å². The fourth-order valence-electron chi connectivity index (χ4n) is 1.64. The molecule has 0 fully saturated rings. The number of aryl methyl sites for hydroxylation is 1. The van der Waals surface area contributed by atoms with Crippen LogP contribution in [0.15, 0.2) is 23.2 Å². The van der Waals surface area contributed by atoms with Crippen LogP contribution in [0.3, 0.4) is 0 Å². The summed E-state index contributed by atoms with van der Waals surface area (Å²) < 4.78 is 10.8. The Bertz CT molecular complexity index is 401. The predicted molar refractivity (Wildman–Crippen MR) is 73.2 cm³/mol. The molecular weight excluding hydrogens is 230 g/mol. The van der Waals surface area contributed by atoms with Gasteiger partial charge in [0.25, 0.3) is 0 Å². The van der Waals surface area contributed by atoms with Gasteiger partial charge in [-0.25, -0.2) is 0 Å². The molecule has 0 bridgehead atoms. The number of hydrogen-bond acceptors (Lipinski definition) is 3. The highest BCUT2D eigenvalue weighted by Gasteiger charge is 2.04. The molecule has 1 aromatic carbocycles. The molecule has 0 aromatic heterocycles. The fourth-order valence-corrected chi connectivity index (χ4v) is 1.64. The van der Waals surface area contributed by atoms with Gasteiger partial charge in [-0.1, -0.05) is 6.07 Å². The van der Waals surface area contributed by atoms with Gasteiger partial charge in [-0.3, -0.25) is 4.99 Å². The first-order valence-corrected chi connectivity index (χ1v) is 6.02. The maximum atomic E-state index is 5.52. The van der Waals surface area contributed by atoms with E-state index in [-0.39, 0.29) is 5.96 Å². The standard InChI is InChI=1S/C13H21N3O2/c1-3-18-12-9-10(6-7-11(12)17-2)5-4-8-16-13(14)15/h6-7,9H,3-5,8H2,1-2H3,(H4,14,15,16). The van der Waals surface area contributed by atoms with Crippen molar-refractivity contribution in [3.05, 3.63) is 23.8 Å². The van der Waals surface area contributed by atoms with Crippen molar-refractivity contribution in [2.24, 2.45) is 16.5 Å². The van der Waals surface area contributed by atoms with Gasteiger partial charge in [-0.2, -0.15) is 0 Å². The van der Waals surface area contributed by atoms with Crippen molar-refractivity contribution in [3.63, 3.8) is 0 Å². The molecule has 5 nitrogen and oxygen atoms in total. The molecule has 1 rings (SSSR count). The van der Waals surface area contributed by atoms with Crippen LogP contribution in [-0.4, -0.2) is 26.2 Å². The summed E-state index contributed by atoms with van der Waals surface area (Å²) in [5, 5.41) is 0. The van der Waals surface area contributed by atoms with E-state index < -0.39 is 0 Å². The first kappa shape index (κ1) is 14.2. The molecule has 0 heterocycles. The molecule has 0 aliphatic heterocycles. The quantitative estimate of drug-likeness (QED) is 0.434. The number of nitrogens with two attached hydrogens (primary N) is 2. The second kappa shape index (κ2) is 7.42. The zero-order valence-electron chi connectivity index (χ0n) is 11.0. The highest BCUT2D eigenvalue weighted by atomic mass is 16.5. The molecule has 0 unspecified atom stereocenters. The van der Waals surface area contributed by atoms with Crippen molar-refractivity contribution in [3.8, 4) is 11.5 Å². The normalized spacial score (nSPS) is 9.89. The van der Waals surface area contributed by atoms with E-state index in [0.717, 1.165) is 24.3 Å². The van der Waals surface area contributed by atoms with E-state index in [1.165, 1.54) is 5.56 Å². The Morgan fingerprint density at radius 3 is 2.67 bits per heavy atom. The molecule has 4 N–H and O–H groups in total. The molecule has 0 aliphatic rings. The lowest BCUT2D eigenvalue weighted by Crippen LogP contribution is -2.23. The van der Waals surface area contributed by atoms with Crippen LogP contribution in [0.4, 0.5) is 0 Å². The monoisotopic (exact) mass is 251 g/mol. The highest BCUT2D eigenvalue weighted by molar-refractivity contribution is 5.75. The van der Waals surface area contributed by atoms with Crippen molar-refractivity contribution in [1.29, 1.82) is 0 Å². The van der Waals surface area contributed by atoms with E-state index in [1.54, 1.807) is 7.11 Å². The van der Waals surface area contributed by atoms with Crippen molar-refractivity contribution in [2.75, 3.05) is 20.3 Å². The maximum Gasteiger partial charge on any atom is 0.185 e.